The smallest absolute Gasteiger partial charge is 0.150 e. The first-order chi connectivity index (χ1) is 8.27. The summed E-state index contributed by atoms with van der Waals surface area (Å²) in [5.41, 5.74) is 6.33. The molecule has 1 rings (SSSR count). The molecule has 0 aromatic heterocycles. The van der Waals surface area contributed by atoms with Crippen molar-refractivity contribution in [3.05, 3.63) is 35.6 Å². The fourth-order valence-electron chi connectivity index (χ4n) is 1.78. The van der Waals surface area contributed by atoms with Crippen LogP contribution in [0.1, 0.15) is 32.3 Å². The van der Waals surface area contributed by atoms with E-state index in [1.54, 1.807) is 19.1 Å². The SMILES string of the molecule is CCS(=O)(=O)CCCC(C)(N)c1ccc(F)cc1. The third kappa shape index (κ3) is 4.38. The molecule has 1 aromatic rings. The molecular formula is C13H20FNO2S. The van der Waals surface area contributed by atoms with E-state index >= 15 is 0 Å². The number of halogens is 1. The van der Waals surface area contributed by atoms with E-state index in [0.717, 1.165) is 5.56 Å². The van der Waals surface area contributed by atoms with Gasteiger partial charge in [0.05, 0.1) is 5.75 Å². The monoisotopic (exact) mass is 273 g/mol. The van der Waals surface area contributed by atoms with Gasteiger partial charge in [0.1, 0.15) is 15.7 Å². The van der Waals surface area contributed by atoms with Gasteiger partial charge in [0.15, 0.2) is 0 Å². The first-order valence-electron chi connectivity index (χ1n) is 6.02. The Balaban J connectivity index is 2.62. The van der Waals surface area contributed by atoms with Gasteiger partial charge in [0, 0.05) is 11.3 Å². The van der Waals surface area contributed by atoms with Crippen molar-refractivity contribution in [3.63, 3.8) is 0 Å². The fraction of sp³-hybridized carbons (Fsp3) is 0.538. The molecule has 2 N–H and O–H groups in total. The predicted octanol–water partition coefficient (Wildman–Crippen LogP) is 2.21. The number of nitrogens with two attached hydrogens (primary N) is 1. The summed E-state index contributed by atoms with van der Waals surface area (Å²) in [5.74, 6) is 0.00518. The maximum Gasteiger partial charge on any atom is 0.150 e. The Morgan fingerprint density at radius 3 is 2.33 bits per heavy atom. The zero-order valence-electron chi connectivity index (χ0n) is 10.8. The van der Waals surface area contributed by atoms with Gasteiger partial charge in [0.25, 0.3) is 0 Å². The molecule has 0 aliphatic carbocycles. The minimum Gasteiger partial charge on any atom is -0.322 e. The van der Waals surface area contributed by atoms with Crippen molar-refractivity contribution in [2.45, 2.75) is 32.2 Å². The quantitative estimate of drug-likeness (QED) is 0.864. The maximum absolute atomic E-state index is 12.8. The van der Waals surface area contributed by atoms with Gasteiger partial charge < -0.3 is 5.73 Å². The van der Waals surface area contributed by atoms with Crippen LogP contribution in [0.25, 0.3) is 0 Å². The number of hydrogen-bond acceptors (Lipinski definition) is 3. The summed E-state index contributed by atoms with van der Waals surface area (Å²) in [6, 6.07) is 6.01. The van der Waals surface area contributed by atoms with Crippen LogP contribution in [-0.4, -0.2) is 19.9 Å². The molecule has 0 heterocycles. The largest absolute Gasteiger partial charge is 0.322 e. The zero-order chi connectivity index (χ0) is 13.8. The lowest BCUT2D eigenvalue weighted by molar-refractivity contribution is 0.445. The molecule has 1 aromatic carbocycles. The minimum absolute atomic E-state index is 0.150. The highest BCUT2D eigenvalue weighted by molar-refractivity contribution is 7.91. The van der Waals surface area contributed by atoms with E-state index in [2.05, 4.69) is 0 Å². The van der Waals surface area contributed by atoms with Crippen molar-refractivity contribution < 1.29 is 12.8 Å². The number of rotatable bonds is 6. The number of sulfone groups is 1. The summed E-state index contributed by atoms with van der Waals surface area (Å²) >= 11 is 0. The lowest BCUT2D eigenvalue weighted by Gasteiger charge is -2.25. The summed E-state index contributed by atoms with van der Waals surface area (Å²) < 4.78 is 35.6. The third-order valence-corrected chi connectivity index (χ3v) is 4.89. The van der Waals surface area contributed by atoms with E-state index in [1.165, 1.54) is 12.1 Å². The maximum atomic E-state index is 12.8. The van der Waals surface area contributed by atoms with Crippen molar-refractivity contribution >= 4 is 9.84 Å². The Morgan fingerprint density at radius 1 is 1.28 bits per heavy atom. The van der Waals surface area contributed by atoms with E-state index in [1.807, 2.05) is 6.92 Å². The van der Waals surface area contributed by atoms with Crippen molar-refractivity contribution in [1.82, 2.24) is 0 Å². The van der Waals surface area contributed by atoms with Gasteiger partial charge in [-0.1, -0.05) is 19.1 Å². The predicted molar refractivity (Wildman–Crippen MR) is 71.5 cm³/mol. The molecule has 5 heteroatoms. The van der Waals surface area contributed by atoms with Crippen molar-refractivity contribution in [3.8, 4) is 0 Å². The molecular weight excluding hydrogens is 253 g/mol. The van der Waals surface area contributed by atoms with Gasteiger partial charge in [-0.05, 0) is 37.5 Å². The van der Waals surface area contributed by atoms with E-state index in [9.17, 15) is 12.8 Å². The van der Waals surface area contributed by atoms with Crippen LogP contribution in [0.2, 0.25) is 0 Å². The topological polar surface area (TPSA) is 60.2 Å². The molecule has 1 atom stereocenters. The van der Waals surface area contributed by atoms with Gasteiger partial charge in [-0.3, -0.25) is 0 Å². The Kier molecular flexibility index (Phi) is 4.87. The number of hydrogen-bond donors (Lipinski definition) is 1. The van der Waals surface area contributed by atoms with Crippen molar-refractivity contribution in [2.75, 3.05) is 11.5 Å². The lowest BCUT2D eigenvalue weighted by atomic mass is 9.89. The fourth-order valence-corrected chi connectivity index (χ4v) is 2.65. The lowest BCUT2D eigenvalue weighted by Crippen LogP contribution is -2.33. The average molecular weight is 273 g/mol. The summed E-state index contributed by atoms with van der Waals surface area (Å²) in [7, 11) is -2.95. The van der Waals surface area contributed by atoms with Gasteiger partial charge in [-0.25, -0.2) is 12.8 Å². The first-order valence-corrected chi connectivity index (χ1v) is 7.84. The second-order valence-corrected chi connectivity index (χ2v) is 7.24. The molecule has 0 saturated heterocycles. The third-order valence-electron chi connectivity index (χ3n) is 3.09. The summed E-state index contributed by atoms with van der Waals surface area (Å²) in [4.78, 5) is 0. The molecule has 0 spiro atoms. The highest BCUT2D eigenvalue weighted by Crippen LogP contribution is 2.23. The summed E-state index contributed by atoms with van der Waals surface area (Å²) in [6.45, 7) is 3.47. The Hall–Kier alpha value is -0.940. The minimum atomic E-state index is -2.95. The van der Waals surface area contributed by atoms with Crippen molar-refractivity contribution in [1.29, 1.82) is 0 Å². The van der Waals surface area contributed by atoms with Crippen LogP contribution in [0.15, 0.2) is 24.3 Å². The van der Waals surface area contributed by atoms with Crippen LogP contribution in [0.4, 0.5) is 4.39 Å². The van der Waals surface area contributed by atoms with E-state index < -0.39 is 15.4 Å². The average Bonchev–Trinajstić information content (AvgIpc) is 2.29. The Morgan fingerprint density at radius 2 is 1.83 bits per heavy atom. The standard InChI is InChI=1S/C13H20FNO2S/c1-3-18(16,17)10-4-9-13(2,15)11-5-7-12(14)8-6-11/h5-8H,3-4,9-10,15H2,1-2H3. The molecule has 0 fully saturated rings. The van der Waals surface area contributed by atoms with Crippen LogP contribution in [-0.2, 0) is 15.4 Å². The molecule has 0 saturated carbocycles. The molecule has 1 unspecified atom stereocenters. The van der Waals surface area contributed by atoms with Crippen LogP contribution in [0.3, 0.4) is 0 Å². The van der Waals surface area contributed by atoms with Crippen LogP contribution >= 0.6 is 0 Å². The molecule has 0 aliphatic rings. The van der Waals surface area contributed by atoms with E-state index in [4.69, 9.17) is 5.73 Å². The normalized spacial score (nSPS) is 15.3. The molecule has 0 bridgehead atoms. The van der Waals surface area contributed by atoms with Crippen molar-refractivity contribution in [2.24, 2.45) is 5.73 Å². The first kappa shape index (κ1) is 15.1. The molecule has 3 nitrogen and oxygen atoms in total. The molecule has 18 heavy (non-hydrogen) atoms. The molecule has 0 aliphatic heterocycles. The molecule has 0 amide bonds. The van der Waals surface area contributed by atoms with E-state index in [0.29, 0.717) is 12.8 Å². The van der Waals surface area contributed by atoms with E-state index in [-0.39, 0.29) is 17.3 Å². The van der Waals surface area contributed by atoms with Gasteiger partial charge in [-0.15, -0.1) is 0 Å². The second kappa shape index (κ2) is 5.80. The van der Waals surface area contributed by atoms with Gasteiger partial charge >= 0.3 is 0 Å². The van der Waals surface area contributed by atoms with Crippen LogP contribution < -0.4 is 5.73 Å². The van der Waals surface area contributed by atoms with Crippen LogP contribution in [0.5, 0.6) is 0 Å². The summed E-state index contributed by atoms with van der Waals surface area (Å²) in [5, 5.41) is 0. The zero-order valence-corrected chi connectivity index (χ0v) is 11.6. The Labute approximate surface area is 108 Å². The molecule has 0 radical (unpaired) electrons. The van der Waals surface area contributed by atoms with Gasteiger partial charge in [-0.2, -0.15) is 0 Å². The van der Waals surface area contributed by atoms with Gasteiger partial charge in [0.2, 0.25) is 0 Å². The Bertz CT molecular complexity index is 480. The second-order valence-electron chi connectivity index (χ2n) is 4.76. The highest BCUT2D eigenvalue weighted by atomic mass is 32.2. The number of benzene rings is 1. The molecule has 102 valence electrons. The van der Waals surface area contributed by atoms with Crippen LogP contribution in [0, 0.1) is 5.82 Å². The summed E-state index contributed by atoms with van der Waals surface area (Å²) in [6.07, 6.45) is 1.07. The highest BCUT2D eigenvalue weighted by Gasteiger charge is 2.21.